The number of ether oxygens (including phenoxy) is 3. The van der Waals surface area contributed by atoms with Crippen LogP contribution < -0.4 is 0 Å². The fraction of sp³-hybridized carbons (Fsp3) is 0.776. The van der Waals surface area contributed by atoms with E-state index >= 15 is 0 Å². The maximum atomic E-state index is 12.9. The highest BCUT2D eigenvalue weighted by Crippen LogP contribution is 2.16. The molecule has 0 saturated heterocycles. The zero-order valence-corrected chi connectivity index (χ0v) is 48.4. The fourth-order valence-electron chi connectivity index (χ4n) is 8.95. The van der Waals surface area contributed by atoms with Crippen molar-refractivity contribution in [3.8, 4) is 0 Å². The molecule has 0 rings (SSSR count). The smallest absolute Gasteiger partial charge is 0.306 e. The Hall–Kier alpha value is -3.15. The normalized spacial score (nSPS) is 12.5. The highest BCUT2D eigenvalue weighted by atomic mass is 16.6. The highest BCUT2D eigenvalue weighted by Gasteiger charge is 2.19. The minimum absolute atomic E-state index is 0.0793. The van der Waals surface area contributed by atoms with Crippen LogP contribution in [0.15, 0.2) is 72.9 Å². The Kier molecular flexibility index (Phi) is 58.7. The lowest BCUT2D eigenvalue weighted by Gasteiger charge is -2.18. The SMILES string of the molecule is CC/C=C\C/C=C\C/C=C\C/C=C\CCCCCCCCCCCCCCCCC(=O)OCC(COC(=O)CCCCCCC/C=C\CCCCCCC)OC(=O)CCCCCCC/C=C\CCCCCCC. The molecule has 0 radical (unpaired) electrons. The first-order valence-corrected chi connectivity index (χ1v) is 31.4. The summed E-state index contributed by atoms with van der Waals surface area (Å²) < 4.78 is 16.9. The molecule has 0 aromatic heterocycles. The van der Waals surface area contributed by atoms with Crippen molar-refractivity contribution >= 4 is 17.9 Å². The predicted octanol–water partition coefficient (Wildman–Crippen LogP) is 21.3. The van der Waals surface area contributed by atoms with Crippen LogP contribution in [-0.4, -0.2) is 37.2 Å². The zero-order chi connectivity index (χ0) is 52.9. The minimum Gasteiger partial charge on any atom is -0.462 e. The summed E-state index contributed by atoms with van der Waals surface area (Å²) in [7, 11) is 0. The lowest BCUT2D eigenvalue weighted by Crippen LogP contribution is -2.30. The molecule has 73 heavy (non-hydrogen) atoms. The Morgan fingerprint density at radius 2 is 0.534 bits per heavy atom. The van der Waals surface area contributed by atoms with Crippen LogP contribution in [0.3, 0.4) is 0 Å². The molecule has 1 atom stereocenters. The van der Waals surface area contributed by atoms with Crippen LogP contribution in [0.25, 0.3) is 0 Å². The first-order chi connectivity index (χ1) is 36.0. The summed E-state index contributed by atoms with van der Waals surface area (Å²) in [5.74, 6) is -0.884. The topological polar surface area (TPSA) is 78.9 Å². The van der Waals surface area contributed by atoms with Crippen molar-refractivity contribution in [1.29, 1.82) is 0 Å². The Balaban J connectivity index is 4.25. The molecule has 0 N–H and O–H groups in total. The van der Waals surface area contributed by atoms with E-state index in [1.165, 1.54) is 173 Å². The minimum atomic E-state index is -0.782. The molecule has 6 nitrogen and oxygen atoms in total. The lowest BCUT2D eigenvalue weighted by molar-refractivity contribution is -0.167. The summed E-state index contributed by atoms with van der Waals surface area (Å²) in [5.41, 5.74) is 0. The van der Waals surface area contributed by atoms with Gasteiger partial charge in [-0.25, -0.2) is 0 Å². The van der Waals surface area contributed by atoms with Gasteiger partial charge in [0.05, 0.1) is 0 Å². The van der Waals surface area contributed by atoms with Gasteiger partial charge in [0.2, 0.25) is 0 Å². The van der Waals surface area contributed by atoms with E-state index in [0.29, 0.717) is 19.3 Å². The standard InChI is InChI=1S/C67H118O6/c1-4-7-10-13-16-19-22-25-28-29-30-31-32-33-34-35-36-37-38-39-40-43-45-48-51-54-57-60-66(69)72-63-64(73-67(70)61-58-55-52-49-46-42-27-24-21-18-15-12-9-6-3)62-71-65(68)59-56-53-50-47-44-41-26-23-20-17-14-11-8-5-2/h7,10,16,19,23-28,30-31,64H,4-6,8-9,11-15,17-18,20-22,29,32-63H2,1-3H3/b10-7-,19-16-,26-23-,27-24-,28-25-,31-30-. The van der Waals surface area contributed by atoms with Crippen molar-refractivity contribution in [2.45, 2.75) is 322 Å². The van der Waals surface area contributed by atoms with Gasteiger partial charge in [0.15, 0.2) is 6.10 Å². The van der Waals surface area contributed by atoms with Gasteiger partial charge in [0.25, 0.3) is 0 Å². The molecule has 0 heterocycles. The number of carbonyl (C=O) groups is 3. The molecule has 0 fully saturated rings. The Bertz CT molecular complexity index is 1360. The van der Waals surface area contributed by atoms with Crippen LogP contribution in [0.5, 0.6) is 0 Å². The van der Waals surface area contributed by atoms with Gasteiger partial charge >= 0.3 is 17.9 Å². The maximum Gasteiger partial charge on any atom is 0.306 e. The van der Waals surface area contributed by atoms with Gasteiger partial charge in [0, 0.05) is 19.3 Å². The fourth-order valence-corrected chi connectivity index (χ4v) is 8.95. The van der Waals surface area contributed by atoms with E-state index in [1.54, 1.807) is 0 Å². The largest absolute Gasteiger partial charge is 0.462 e. The summed E-state index contributed by atoms with van der Waals surface area (Å²) >= 11 is 0. The maximum absolute atomic E-state index is 12.9. The second kappa shape index (κ2) is 61.4. The van der Waals surface area contributed by atoms with Gasteiger partial charge < -0.3 is 14.2 Å². The molecule has 422 valence electrons. The Morgan fingerprint density at radius 3 is 0.849 bits per heavy atom. The summed E-state index contributed by atoms with van der Waals surface area (Å²) in [6.07, 6.45) is 79.1. The Labute approximate surface area is 453 Å². The molecular weight excluding hydrogens is 901 g/mol. The number of rotatable bonds is 57. The third-order valence-electron chi connectivity index (χ3n) is 13.7. The second-order valence-electron chi connectivity index (χ2n) is 20.9. The molecule has 0 amide bonds. The average Bonchev–Trinajstić information content (AvgIpc) is 3.39. The van der Waals surface area contributed by atoms with Crippen molar-refractivity contribution < 1.29 is 28.6 Å². The molecule has 0 aromatic rings. The first kappa shape index (κ1) is 69.8. The monoisotopic (exact) mass is 1020 g/mol. The van der Waals surface area contributed by atoms with Crippen molar-refractivity contribution in [3.63, 3.8) is 0 Å². The molecular formula is C67H118O6. The number of carbonyl (C=O) groups excluding carboxylic acids is 3. The third kappa shape index (κ3) is 59.6. The van der Waals surface area contributed by atoms with Crippen molar-refractivity contribution in [3.05, 3.63) is 72.9 Å². The zero-order valence-electron chi connectivity index (χ0n) is 48.4. The molecule has 1 unspecified atom stereocenters. The quantitative estimate of drug-likeness (QED) is 0.0261. The summed E-state index contributed by atoms with van der Waals surface area (Å²) in [6.45, 7) is 6.52. The molecule has 0 aliphatic rings. The molecule has 0 saturated carbocycles. The van der Waals surface area contributed by atoms with E-state index in [4.69, 9.17) is 14.2 Å². The summed E-state index contributed by atoms with van der Waals surface area (Å²) in [5, 5.41) is 0. The van der Waals surface area contributed by atoms with Gasteiger partial charge in [-0.15, -0.1) is 0 Å². The first-order valence-electron chi connectivity index (χ1n) is 31.4. The van der Waals surface area contributed by atoms with Gasteiger partial charge in [-0.1, -0.05) is 261 Å². The number of unbranched alkanes of at least 4 members (excludes halogenated alkanes) is 34. The lowest BCUT2D eigenvalue weighted by atomic mass is 10.0. The third-order valence-corrected chi connectivity index (χ3v) is 13.7. The van der Waals surface area contributed by atoms with Gasteiger partial charge in [-0.2, -0.15) is 0 Å². The van der Waals surface area contributed by atoms with Crippen LogP contribution in [0, 0.1) is 0 Å². The number of esters is 3. The molecule has 6 heteroatoms. The van der Waals surface area contributed by atoms with E-state index in [9.17, 15) is 14.4 Å². The van der Waals surface area contributed by atoms with E-state index in [-0.39, 0.29) is 31.1 Å². The average molecular weight is 1020 g/mol. The van der Waals surface area contributed by atoms with Crippen LogP contribution in [0.4, 0.5) is 0 Å². The summed E-state index contributed by atoms with van der Waals surface area (Å²) in [6, 6.07) is 0. The number of allylic oxidation sites excluding steroid dienone is 12. The van der Waals surface area contributed by atoms with Crippen LogP contribution in [-0.2, 0) is 28.6 Å². The van der Waals surface area contributed by atoms with Crippen molar-refractivity contribution in [2.24, 2.45) is 0 Å². The van der Waals surface area contributed by atoms with E-state index in [0.717, 1.165) is 103 Å². The van der Waals surface area contributed by atoms with Crippen LogP contribution in [0.1, 0.15) is 316 Å². The molecule has 0 aliphatic carbocycles. The van der Waals surface area contributed by atoms with Gasteiger partial charge in [0.1, 0.15) is 13.2 Å². The van der Waals surface area contributed by atoms with Crippen LogP contribution in [0.2, 0.25) is 0 Å². The van der Waals surface area contributed by atoms with Gasteiger partial charge in [-0.3, -0.25) is 14.4 Å². The molecule has 0 bridgehead atoms. The molecule has 0 aliphatic heterocycles. The molecule has 0 spiro atoms. The van der Waals surface area contributed by atoms with Gasteiger partial charge in [-0.05, 0) is 109 Å². The molecule has 0 aromatic carbocycles. The van der Waals surface area contributed by atoms with Crippen LogP contribution >= 0.6 is 0 Å². The van der Waals surface area contributed by atoms with E-state index in [2.05, 4.69) is 93.7 Å². The van der Waals surface area contributed by atoms with E-state index < -0.39 is 6.10 Å². The van der Waals surface area contributed by atoms with Crippen molar-refractivity contribution in [2.75, 3.05) is 13.2 Å². The Morgan fingerprint density at radius 1 is 0.288 bits per heavy atom. The highest BCUT2D eigenvalue weighted by molar-refractivity contribution is 5.71. The number of hydrogen-bond donors (Lipinski definition) is 0. The van der Waals surface area contributed by atoms with E-state index in [1.807, 2.05) is 0 Å². The predicted molar refractivity (Wildman–Crippen MR) is 316 cm³/mol. The summed E-state index contributed by atoms with van der Waals surface area (Å²) in [4.78, 5) is 38.2. The number of hydrogen-bond acceptors (Lipinski definition) is 6. The van der Waals surface area contributed by atoms with Crippen molar-refractivity contribution in [1.82, 2.24) is 0 Å². The second-order valence-corrected chi connectivity index (χ2v) is 20.9.